The summed E-state index contributed by atoms with van der Waals surface area (Å²) in [6.45, 7) is 3.04. The molecule has 0 radical (unpaired) electrons. The van der Waals surface area contributed by atoms with E-state index in [4.69, 9.17) is 4.74 Å². The number of carboxylic acid groups (broad SMARTS) is 1. The van der Waals surface area contributed by atoms with Gasteiger partial charge in [0, 0.05) is 42.5 Å². The lowest BCUT2D eigenvalue weighted by atomic mass is 10.2. The van der Waals surface area contributed by atoms with Gasteiger partial charge in [-0.2, -0.15) is 0 Å². The molecule has 0 aliphatic carbocycles. The van der Waals surface area contributed by atoms with Gasteiger partial charge in [0.25, 0.3) is 11.5 Å². The third-order valence-electron chi connectivity index (χ3n) is 5.88. The number of carbonyl (C=O) groups is 2. The van der Waals surface area contributed by atoms with Gasteiger partial charge in [-0.05, 0) is 31.9 Å². The van der Waals surface area contributed by atoms with Gasteiger partial charge in [0.1, 0.15) is 18.3 Å². The van der Waals surface area contributed by atoms with Crippen LogP contribution in [-0.4, -0.2) is 62.0 Å². The van der Waals surface area contributed by atoms with Gasteiger partial charge in [-0.1, -0.05) is 0 Å². The highest BCUT2D eigenvalue weighted by Crippen LogP contribution is 2.36. The Bertz CT molecular complexity index is 1300. The van der Waals surface area contributed by atoms with Crippen molar-refractivity contribution in [3.05, 3.63) is 58.3 Å². The Hall–Kier alpha value is -3.95. The third-order valence-corrected chi connectivity index (χ3v) is 5.88. The number of aryl methyl sites for hydroxylation is 1. The summed E-state index contributed by atoms with van der Waals surface area (Å²) in [5.74, 6) is -0.371. The summed E-state index contributed by atoms with van der Waals surface area (Å²) in [5.41, 5.74) is 2.05. The zero-order valence-corrected chi connectivity index (χ0v) is 17.4. The maximum absolute atomic E-state index is 12.9. The second-order valence-electron chi connectivity index (χ2n) is 7.90. The predicted molar refractivity (Wildman–Crippen MR) is 115 cm³/mol. The van der Waals surface area contributed by atoms with Gasteiger partial charge in [0.2, 0.25) is 0 Å². The maximum atomic E-state index is 12.9. The van der Waals surface area contributed by atoms with E-state index in [-0.39, 0.29) is 11.5 Å². The van der Waals surface area contributed by atoms with Crippen LogP contribution in [0.5, 0.6) is 5.75 Å². The Balaban J connectivity index is 1.48. The molecule has 0 bridgehead atoms. The van der Waals surface area contributed by atoms with Gasteiger partial charge in [-0.3, -0.25) is 14.0 Å². The van der Waals surface area contributed by atoms with Crippen molar-refractivity contribution in [1.29, 1.82) is 0 Å². The third kappa shape index (κ3) is 3.24. The molecule has 2 aliphatic heterocycles. The first-order valence-corrected chi connectivity index (χ1v) is 10.4. The van der Waals surface area contributed by atoms with Crippen molar-refractivity contribution in [1.82, 2.24) is 19.3 Å². The highest BCUT2D eigenvalue weighted by molar-refractivity contribution is 5.97. The molecule has 10 heteroatoms. The van der Waals surface area contributed by atoms with Crippen molar-refractivity contribution >= 4 is 29.0 Å². The Morgan fingerprint density at radius 3 is 2.84 bits per heavy atom. The number of carbonyl (C=O) groups excluding carboxylic acids is 1. The van der Waals surface area contributed by atoms with Crippen molar-refractivity contribution in [2.24, 2.45) is 0 Å². The molecular formula is C22H21N5O5. The zero-order chi connectivity index (χ0) is 22.4. The van der Waals surface area contributed by atoms with Crippen LogP contribution in [0.3, 0.4) is 0 Å². The highest BCUT2D eigenvalue weighted by Gasteiger charge is 2.35. The molecule has 1 N–H and O–H groups in total. The van der Waals surface area contributed by atoms with Gasteiger partial charge < -0.3 is 19.6 Å². The number of likely N-dealkylation sites (tertiary alicyclic amines) is 1. The van der Waals surface area contributed by atoms with Crippen LogP contribution >= 0.6 is 0 Å². The lowest BCUT2D eigenvalue weighted by molar-refractivity contribution is -0.141. The van der Waals surface area contributed by atoms with E-state index in [1.807, 2.05) is 11.0 Å². The largest absolute Gasteiger partial charge is 0.488 e. The van der Waals surface area contributed by atoms with Gasteiger partial charge >= 0.3 is 5.97 Å². The van der Waals surface area contributed by atoms with Crippen molar-refractivity contribution in [3.8, 4) is 5.75 Å². The number of anilines is 2. The molecular weight excluding hydrogens is 414 g/mol. The van der Waals surface area contributed by atoms with E-state index in [9.17, 15) is 19.5 Å². The second-order valence-corrected chi connectivity index (χ2v) is 7.90. The monoisotopic (exact) mass is 435 g/mol. The Labute approximate surface area is 182 Å². The number of aliphatic carboxylic acids is 1. The van der Waals surface area contributed by atoms with E-state index in [1.165, 1.54) is 15.5 Å². The fraction of sp³-hybridized carbons (Fsp3) is 0.318. The van der Waals surface area contributed by atoms with Crippen molar-refractivity contribution in [2.75, 3.05) is 24.6 Å². The van der Waals surface area contributed by atoms with Crippen molar-refractivity contribution in [2.45, 2.75) is 25.8 Å². The van der Waals surface area contributed by atoms with E-state index >= 15 is 0 Å². The molecule has 0 saturated carbocycles. The molecule has 3 aromatic rings. The van der Waals surface area contributed by atoms with Crippen LogP contribution in [0.25, 0.3) is 5.65 Å². The molecule has 5 rings (SSSR count). The number of pyridine rings is 2. The second kappa shape index (κ2) is 7.63. The van der Waals surface area contributed by atoms with Crippen LogP contribution in [0.15, 0.2) is 41.6 Å². The number of ether oxygens (including phenoxy) is 1. The molecule has 1 atom stereocenters. The minimum absolute atomic E-state index is 0.119. The number of hydrogen-bond donors (Lipinski definition) is 1. The van der Waals surface area contributed by atoms with Crippen LogP contribution < -0.4 is 15.2 Å². The lowest BCUT2D eigenvalue weighted by Crippen LogP contribution is -2.40. The lowest BCUT2D eigenvalue weighted by Gasteiger charge is -2.30. The fourth-order valence-corrected chi connectivity index (χ4v) is 4.22. The normalized spacial score (nSPS) is 17.8. The number of hydrogen-bond acceptors (Lipinski definition) is 7. The molecule has 164 valence electrons. The summed E-state index contributed by atoms with van der Waals surface area (Å²) < 4.78 is 7.25. The number of fused-ring (bicyclic) bond motifs is 2. The first-order chi connectivity index (χ1) is 15.4. The molecule has 3 aromatic heterocycles. The van der Waals surface area contributed by atoms with E-state index in [0.717, 1.165) is 5.69 Å². The molecule has 0 aromatic carbocycles. The Morgan fingerprint density at radius 1 is 1.19 bits per heavy atom. The summed E-state index contributed by atoms with van der Waals surface area (Å²) in [5, 5.41) is 9.37. The summed E-state index contributed by atoms with van der Waals surface area (Å²) in [6.07, 6.45) is 5.78. The first-order valence-electron chi connectivity index (χ1n) is 10.4. The van der Waals surface area contributed by atoms with Gasteiger partial charge in [0.15, 0.2) is 11.6 Å². The minimum atomic E-state index is -0.997. The number of aromatic nitrogens is 3. The molecule has 1 amide bonds. The summed E-state index contributed by atoms with van der Waals surface area (Å²) >= 11 is 0. The molecule has 2 aliphatic rings. The SMILES string of the molecule is Cc1cnc2cc(N3CCOc4cc(C(=O)N5CCC[C@H]5C(=O)O)cnc43)ccn2c1=O. The smallest absolute Gasteiger partial charge is 0.326 e. The Morgan fingerprint density at radius 2 is 2.03 bits per heavy atom. The van der Waals surface area contributed by atoms with Crippen LogP contribution in [-0.2, 0) is 4.79 Å². The van der Waals surface area contributed by atoms with Crippen LogP contribution in [0.4, 0.5) is 11.5 Å². The fourth-order valence-electron chi connectivity index (χ4n) is 4.22. The molecule has 1 fully saturated rings. The average molecular weight is 435 g/mol. The number of carboxylic acids is 1. The van der Waals surface area contributed by atoms with Crippen molar-refractivity contribution < 1.29 is 19.4 Å². The maximum Gasteiger partial charge on any atom is 0.326 e. The molecule has 0 unspecified atom stereocenters. The molecule has 5 heterocycles. The summed E-state index contributed by atoms with van der Waals surface area (Å²) in [6, 6.07) is 4.42. The number of nitrogens with zero attached hydrogens (tertiary/aromatic N) is 5. The molecule has 10 nitrogen and oxygen atoms in total. The van der Waals surface area contributed by atoms with Crippen LogP contribution in [0.2, 0.25) is 0 Å². The van der Waals surface area contributed by atoms with Gasteiger partial charge in [0.05, 0.1) is 12.1 Å². The topological polar surface area (TPSA) is 117 Å². The molecule has 1 saturated heterocycles. The first kappa shape index (κ1) is 20.0. The van der Waals surface area contributed by atoms with Gasteiger partial charge in [-0.15, -0.1) is 0 Å². The van der Waals surface area contributed by atoms with Crippen molar-refractivity contribution in [3.63, 3.8) is 0 Å². The van der Waals surface area contributed by atoms with Crippen LogP contribution in [0, 0.1) is 6.92 Å². The molecule has 0 spiro atoms. The van der Waals surface area contributed by atoms with E-state index in [0.29, 0.717) is 60.9 Å². The van der Waals surface area contributed by atoms with E-state index < -0.39 is 12.0 Å². The minimum Gasteiger partial charge on any atom is -0.488 e. The average Bonchev–Trinajstić information content (AvgIpc) is 3.30. The van der Waals surface area contributed by atoms with Crippen LogP contribution in [0.1, 0.15) is 28.8 Å². The predicted octanol–water partition coefficient (Wildman–Crippen LogP) is 1.62. The van der Waals surface area contributed by atoms with E-state index in [1.54, 1.807) is 31.5 Å². The summed E-state index contributed by atoms with van der Waals surface area (Å²) in [4.78, 5) is 48.8. The number of rotatable bonds is 3. The quantitative estimate of drug-likeness (QED) is 0.660. The highest BCUT2D eigenvalue weighted by atomic mass is 16.5. The Kier molecular flexibility index (Phi) is 4.76. The summed E-state index contributed by atoms with van der Waals surface area (Å²) in [7, 11) is 0. The molecule has 32 heavy (non-hydrogen) atoms. The van der Waals surface area contributed by atoms with Gasteiger partial charge in [-0.25, -0.2) is 14.8 Å². The standard InChI is InChI=1S/C22H21N5O5/c1-13-11-23-18-10-15(4-6-27(18)20(13)28)25-7-8-32-17-9-14(12-24-19(17)25)21(29)26-5-2-3-16(26)22(30)31/h4,6,9-12,16H,2-3,5,7-8H2,1H3,(H,30,31)/t16-/m0/s1. The van der Waals surface area contributed by atoms with E-state index in [2.05, 4.69) is 9.97 Å². The number of amides is 1. The zero-order valence-electron chi connectivity index (χ0n) is 17.4.